The maximum absolute atomic E-state index is 13.0. The zero-order valence-corrected chi connectivity index (χ0v) is 16.0. The smallest absolute Gasteiger partial charge is 0.262 e. The van der Waals surface area contributed by atoms with Gasteiger partial charge in [0, 0.05) is 28.9 Å². The van der Waals surface area contributed by atoms with Crippen LogP contribution >= 0.6 is 0 Å². The van der Waals surface area contributed by atoms with Crippen LogP contribution in [0.2, 0.25) is 0 Å². The molecule has 7 nitrogen and oxygen atoms in total. The van der Waals surface area contributed by atoms with Crippen LogP contribution in [0.1, 0.15) is 11.3 Å². The van der Waals surface area contributed by atoms with Crippen LogP contribution in [0, 0.1) is 13.8 Å². The predicted octanol–water partition coefficient (Wildman–Crippen LogP) is 4.41. The lowest BCUT2D eigenvalue weighted by Gasteiger charge is -2.12. The topological polar surface area (TPSA) is 98.2 Å². The first-order valence-corrected chi connectivity index (χ1v) is 9.99. The molecule has 0 saturated carbocycles. The Morgan fingerprint density at radius 3 is 2.43 bits per heavy atom. The Hall–Kier alpha value is -3.39. The molecule has 0 unspecified atom stereocenters. The predicted molar refractivity (Wildman–Crippen MR) is 104 cm³/mol. The molecule has 2 heterocycles. The average Bonchev–Trinajstić information content (AvgIpc) is 3.34. The quantitative estimate of drug-likeness (QED) is 0.537. The molecule has 28 heavy (non-hydrogen) atoms. The van der Waals surface area contributed by atoms with Gasteiger partial charge in [-0.2, -0.15) is 0 Å². The zero-order chi connectivity index (χ0) is 19.7. The minimum absolute atomic E-state index is 0.170. The summed E-state index contributed by atoms with van der Waals surface area (Å²) in [5.74, 6) is 1.07. The second kappa shape index (κ2) is 6.97. The molecular weight excluding hydrogens is 378 g/mol. The molecule has 0 saturated heterocycles. The summed E-state index contributed by atoms with van der Waals surface area (Å²) in [5.41, 5.74) is 3.14. The fourth-order valence-corrected chi connectivity index (χ4v) is 4.17. The van der Waals surface area contributed by atoms with Gasteiger partial charge in [-0.05, 0) is 37.6 Å². The van der Waals surface area contributed by atoms with Crippen molar-refractivity contribution >= 4 is 15.7 Å². The highest BCUT2D eigenvalue weighted by Crippen LogP contribution is 2.28. The molecule has 4 aromatic rings. The minimum Gasteiger partial charge on any atom is -0.356 e. The van der Waals surface area contributed by atoms with Crippen molar-refractivity contribution in [2.24, 2.45) is 0 Å². The summed E-state index contributed by atoms with van der Waals surface area (Å²) in [6.45, 7) is 3.55. The lowest BCUT2D eigenvalue weighted by atomic mass is 10.1. The SMILES string of the molecule is Cc1cc(-c2ccc(C)c(S(=O)(=O)Nc3cccc(-c4ccno4)c3)c2)on1. The van der Waals surface area contributed by atoms with Gasteiger partial charge in [-0.15, -0.1) is 0 Å². The van der Waals surface area contributed by atoms with Crippen molar-refractivity contribution in [3.05, 3.63) is 72.1 Å². The van der Waals surface area contributed by atoms with Crippen LogP contribution in [-0.4, -0.2) is 18.7 Å². The summed E-state index contributed by atoms with van der Waals surface area (Å²) in [7, 11) is -3.81. The van der Waals surface area contributed by atoms with Crippen LogP contribution in [0.4, 0.5) is 5.69 Å². The molecule has 0 bridgehead atoms. The molecule has 1 N–H and O–H groups in total. The molecule has 0 atom stereocenters. The summed E-state index contributed by atoms with van der Waals surface area (Å²) in [6, 6.07) is 15.5. The van der Waals surface area contributed by atoms with Crippen LogP contribution in [-0.2, 0) is 10.0 Å². The first-order valence-electron chi connectivity index (χ1n) is 8.51. The zero-order valence-electron chi connectivity index (χ0n) is 15.2. The molecule has 4 rings (SSSR count). The van der Waals surface area contributed by atoms with E-state index in [2.05, 4.69) is 15.0 Å². The number of sulfonamides is 1. The minimum atomic E-state index is -3.81. The number of rotatable bonds is 5. The molecule has 2 aromatic heterocycles. The Morgan fingerprint density at radius 2 is 1.71 bits per heavy atom. The summed E-state index contributed by atoms with van der Waals surface area (Å²) in [5, 5.41) is 7.53. The third-order valence-electron chi connectivity index (χ3n) is 4.23. The van der Waals surface area contributed by atoms with Gasteiger partial charge in [0.05, 0.1) is 16.8 Å². The van der Waals surface area contributed by atoms with Gasteiger partial charge in [-0.25, -0.2) is 8.42 Å². The highest BCUT2D eigenvalue weighted by molar-refractivity contribution is 7.92. The Bertz CT molecular complexity index is 1230. The Labute approximate surface area is 162 Å². The van der Waals surface area contributed by atoms with Crippen LogP contribution in [0.5, 0.6) is 0 Å². The molecule has 0 aliphatic heterocycles. The molecule has 0 aliphatic rings. The van der Waals surface area contributed by atoms with E-state index >= 15 is 0 Å². The number of benzene rings is 2. The van der Waals surface area contributed by atoms with E-state index in [-0.39, 0.29) is 4.90 Å². The van der Waals surface area contributed by atoms with E-state index in [1.807, 2.05) is 13.0 Å². The second-order valence-electron chi connectivity index (χ2n) is 6.38. The van der Waals surface area contributed by atoms with Crippen LogP contribution in [0.15, 0.2) is 74.7 Å². The Balaban J connectivity index is 1.68. The summed E-state index contributed by atoms with van der Waals surface area (Å²) in [6.07, 6.45) is 1.53. The average molecular weight is 395 g/mol. The van der Waals surface area contributed by atoms with Crippen LogP contribution in [0.3, 0.4) is 0 Å². The lowest BCUT2D eigenvalue weighted by Crippen LogP contribution is -2.14. The monoisotopic (exact) mass is 395 g/mol. The van der Waals surface area contributed by atoms with E-state index in [9.17, 15) is 8.42 Å². The maximum Gasteiger partial charge on any atom is 0.262 e. The van der Waals surface area contributed by atoms with Gasteiger partial charge in [-0.3, -0.25) is 4.72 Å². The van der Waals surface area contributed by atoms with E-state index < -0.39 is 10.0 Å². The van der Waals surface area contributed by atoms with Gasteiger partial charge in [0.25, 0.3) is 10.0 Å². The molecule has 0 spiro atoms. The highest BCUT2D eigenvalue weighted by Gasteiger charge is 2.19. The number of hydrogen-bond donors (Lipinski definition) is 1. The normalized spacial score (nSPS) is 11.5. The summed E-state index contributed by atoms with van der Waals surface area (Å²) >= 11 is 0. The lowest BCUT2D eigenvalue weighted by molar-refractivity contribution is 0.427. The second-order valence-corrected chi connectivity index (χ2v) is 8.03. The fourth-order valence-electron chi connectivity index (χ4n) is 2.85. The Morgan fingerprint density at radius 1 is 0.893 bits per heavy atom. The van der Waals surface area contributed by atoms with Gasteiger partial charge < -0.3 is 9.05 Å². The van der Waals surface area contributed by atoms with Gasteiger partial charge >= 0.3 is 0 Å². The van der Waals surface area contributed by atoms with Gasteiger partial charge in [0.1, 0.15) is 0 Å². The molecular formula is C20H17N3O4S. The molecule has 142 valence electrons. The van der Waals surface area contributed by atoms with Crippen molar-refractivity contribution < 1.29 is 17.5 Å². The van der Waals surface area contributed by atoms with Crippen LogP contribution in [0.25, 0.3) is 22.6 Å². The highest BCUT2D eigenvalue weighted by atomic mass is 32.2. The Kier molecular flexibility index (Phi) is 4.48. The number of hydrogen-bond acceptors (Lipinski definition) is 6. The number of nitrogens with one attached hydrogen (secondary N) is 1. The van der Waals surface area contributed by atoms with Gasteiger partial charge in [0.2, 0.25) is 0 Å². The van der Waals surface area contributed by atoms with Crippen molar-refractivity contribution in [1.82, 2.24) is 10.3 Å². The van der Waals surface area contributed by atoms with Crippen molar-refractivity contribution in [2.45, 2.75) is 18.7 Å². The van der Waals surface area contributed by atoms with E-state index in [0.29, 0.717) is 28.3 Å². The summed E-state index contributed by atoms with van der Waals surface area (Å²) < 4.78 is 39.0. The molecule has 0 amide bonds. The van der Waals surface area contributed by atoms with E-state index in [0.717, 1.165) is 11.3 Å². The fraction of sp³-hybridized carbons (Fsp3) is 0.100. The molecule has 0 radical (unpaired) electrons. The molecule has 0 aliphatic carbocycles. The van der Waals surface area contributed by atoms with Crippen molar-refractivity contribution in [2.75, 3.05) is 4.72 Å². The molecule has 8 heteroatoms. The van der Waals surface area contributed by atoms with Crippen molar-refractivity contribution in [1.29, 1.82) is 0 Å². The number of aryl methyl sites for hydroxylation is 2. The van der Waals surface area contributed by atoms with Gasteiger partial charge in [0.15, 0.2) is 11.5 Å². The first kappa shape index (κ1) is 18.0. The van der Waals surface area contributed by atoms with Crippen molar-refractivity contribution in [3.8, 4) is 22.6 Å². The summed E-state index contributed by atoms with van der Waals surface area (Å²) in [4.78, 5) is 0.170. The molecule has 0 fully saturated rings. The standard InChI is InChI=1S/C20H17N3O4S/c1-13-6-7-16(19-10-14(2)22-27-19)12-20(13)28(24,25)23-17-5-3-4-15(11-17)18-8-9-21-26-18/h3-12,23H,1-2H3. The van der Waals surface area contributed by atoms with Crippen LogP contribution < -0.4 is 4.72 Å². The number of aromatic nitrogens is 2. The largest absolute Gasteiger partial charge is 0.356 e. The first-order chi connectivity index (χ1) is 13.4. The third-order valence-corrected chi connectivity index (χ3v) is 5.75. The third kappa shape index (κ3) is 3.54. The maximum atomic E-state index is 13.0. The number of anilines is 1. The van der Waals surface area contributed by atoms with Crippen molar-refractivity contribution in [3.63, 3.8) is 0 Å². The van der Waals surface area contributed by atoms with Gasteiger partial charge in [-0.1, -0.05) is 34.6 Å². The molecule has 2 aromatic carbocycles. The van der Waals surface area contributed by atoms with E-state index in [1.165, 1.54) is 6.20 Å². The van der Waals surface area contributed by atoms with E-state index in [1.54, 1.807) is 55.5 Å². The number of nitrogens with zero attached hydrogens (tertiary/aromatic N) is 2. The van der Waals surface area contributed by atoms with E-state index in [4.69, 9.17) is 9.05 Å².